The summed E-state index contributed by atoms with van der Waals surface area (Å²) in [5, 5.41) is 2.02. The van der Waals surface area contributed by atoms with Crippen LogP contribution in [0.4, 0.5) is 0 Å². The molecule has 104 valence electrons. The molecular weight excluding hydrogens is 258 g/mol. The second kappa shape index (κ2) is 6.93. The Labute approximate surface area is 119 Å². The quantitative estimate of drug-likeness (QED) is 0.841. The number of hydrazine groups is 1. The summed E-state index contributed by atoms with van der Waals surface area (Å²) in [5.41, 5.74) is 4.10. The number of hydrogen-bond acceptors (Lipinski definition) is 4. The number of carbonyl (C=O) groups excluding carboxylic acids is 1. The van der Waals surface area contributed by atoms with Crippen LogP contribution in [0.25, 0.3) is 0 Å². The van der Waals surface area contributed by atoms with E-state index in [0.29, 0.717) is 6.42 Å². The number of benzene rings is 1. The molecule has 5 heteroatoms. The molecule has 0 saturated carbocycles. The zero-order valence-electron chi connectivity index (χ0n) is 11.6. The first-order valence-corrected chi connectivity index (χ1v) is 7.76. The second-order valence-corrected chi connectivity index (χ2v) is 5.66. The Kier molecular flexibility index (Phi) is 5.24. The number of hydrogen-bond donors (Lipinski definition) is 1. The summed E-state index contributed by atoms with van der Waals surface area (Å²) in [7, 11) is 2.11. The smallest absolute Gasteiger partial charge is 0.238 e. The van der Waals surface area contributed by atoms with Crippen molar-refractivity contribution in [3.8, 4) is 0 Å². The number of nitrogens with one attached hydrogen (secondary N) is 1. The molecule has 19 heavy (non-hydrogen) atoms. The number of amides is 1. The normalized spacial score (nSPS) is 17.4. The molecule has 4 nitrogen and oxygen atoms in total. The lowest BCUT2D eigenvalue weighted by atomic mass is 10.1. The molecule has 0 atom stereocenters. The van der Waals surface area contributed by atoms with Crippen LogP contribution in [0.1, 0.15) is 5.56 Å². The van der Waals surface area contributed by atoms with E-state index in [-0.39, 0.29) is 5.91 Å². The average Bonchev–Trinajstić information content (AvgIpc) is 2.42. The van der Waals surface area contributed by atoms with Crippen molar-refractivity contribution in [3.63, 3.8) is 0 Å². The fraction of sp³-hybridized carbons (Fsp3) is 0.500. The number of thioether (sulfide) groups is 1. The van der Waals surface area contributed by atoms with Gasteiger partial charge < -0.3 is 4.90 Å². The minimum Gasteiger partial charge on any atom is -0.304 e. The molecule has 1 aliphatic heterocycles. The molecule has 1 aliphatic rings. The van der Waals surface area contributed by atoms with Crippen LogP contribution in [0.2, 0.25) is 0 Å². The maximum absolute atomic E-state index is 12.1. The highest BCUT2D eigenvalue weighted by molar-refractivity contribution is 7.98. The van der Waals surface area contributed by atoms with E-state index in [1.165, 1.54) is 4.90 Å². The minimum atomic E-state index is 0.0750. The third-order valence-corrected chi connectivity index (χ3v) is 4.17. The number of piperazine rings is 1. The van der Waals surface area contributed by atoms with Gasteiger partial charge in [0.1, 0.15) is 0 Å². The van der Waals surface area contributed by atoms with E-state index >= 15 is 0 Å². The molecule has 0 spiro atoms. The van der Waals surface area contributed by atoms with Crippen LogP contribution in [0, 0.1) is 0 Å². The van der Waals surface area contributed by atoms with Crippen molar-refractivity contribution in [3.05, 3.63) is 29.8 Å². The zero-order valence-corrected chi connectivity index (χ0v) is 12.4. The van der Waals surface area contributed by atoms with Gasteiger partial charge in [0.15, 0.2) is 0 Å². The van der Waals surface area contributed by atoms with Crippen molar-refractivity contribution in [1.82, 2.24) is 15.3 Å². The van der Waals surface area contributed by atoms with Crippen LogP contribution in [-0.4, -0.2) is 55.3 Å². The Morgan fingerprint density at radius 1 is 1.26 bits per heavy atom. The Bertz CT molecular complexity index is 430. The Balaban J connectivity index is 1.87. The van der Waals surface area contributed by atoms with E-state index in [1.807, 2.05) is 29.5 Å². The van der Waals surface area contributed by atoms with Crippen molar-refractivity contribution < 1.29 is 4.79 Å². The van der Waals surface area contributed by atoms with Gasteiger partial charge in [-0.05, 0) is 24.9 Å². The maximum atomic E-state index is 12.1. The van der Waals surface area contributed by atoms with Crippen molar-refractivity contribution >= 4 is 17.7 Å². The second-order valence-electron chi connectivity index (χ2n) is 4.81. The van der Waals surface area contributed by atoms with Gasteiger partial charge in [-0.3, -0.25) is 10.2 Å². The number of rotatable bonds is 4. The fourth-order valence-electron chi connectivity index (χ4n) is 2.16. The summed E-state index contributed by atoms with van der Waals surface area (Å²) in [5.74, 6) is 0.0750. The van der Waals surface area contributed by atoms with Gasteiger partial charge in [0.25, 0.3) is 0 Å². The molecule has 1 heterocycles. The summed E-state index contributed by atoms with van der Waals surface area (Å²) in [6.07, 6.45) is 2.49. The third kappa shape index (κ3) is 4.23. The fourth-order valence-corrected chi connectivity index (χ4v) is 2.77. The first kappa shape index (κ1) is 14.4. The highest BCUT2D eigenvalue weighted by Gasteiger charge is 2.16. The molecule has 0 aliphatic carbocycles. The Morgan fingerprint density at radius 3 is 2.63 bits per heavy atom. The van der Waals surface area contributed by atoms with E-state index < -0.39 is 0 Å². The molecule has 1 fully saturated rings. The number of nitrogens with zero attached hydrogens (tertiary/aromatic N) is 2. The molecule has 0 aromatic heterocycles. The molecule has 1 amide bonds. The van der Waals surface area contributed by atoms with Crippen LogP contribution in [0.5, 0.6) is 0 Å². The van der Waals surface area contributed by atoms with Crippen LogP contribution in [-0.2, 0) is 11.2 Å². The molecule has 1 N–H and O–H groups in total. The maximum Gasteiger partial charge on any atom is 0.238 e. The molecule has 2 rings (SSSR count). The average molecular weight is 279 g/mol. The minimum absolute atomic E-state index is 0.0750. The SMILES string of the molecule is CSc1ccccc1CC(=O)NN1CCN(C)CC1. The molecule has 0 radical (unpaired) electrons. The lowest BCUT2D eigenvalue weighted by Crippen LogP contribution is -2.52. The molecular formula is C14H21N3OS. The van der Waals surface area contributed by atoms with Crippen molar-refractivity contribution in [1.29, 1.82) is 0 Å². The van der Waals surface area contributed by atoms with Crippen LogP contribution >= 0.6 is 11.8 Å². The monoisotopic (exact) mass is 279 g/mol. The van der Waals surface area contributed by atoms with Gasteiger partial charge in [0, 0.05) is 31.1 Å². The highest BCUT2D eigenvalue weighted by atomic mass is 32.2. The van der Waals surface area contributed by atoms with Crippen molar-refractivity contribution in [2.75, 3.05) is 39.5 Å². The lowest BCUT2D eigenvalue weighted by molar-refractivity contribution is -0.126. The summed E-state index contributed by atoms with van der Waals surface area (Å²) in [4.78, 5) is 15.5. The first-order valence-electron chi connectivity index (χ1n) is 6.54. The van der Waals surface area contributed by atoms with E-state index in [0.717, 1.165) is 31.7 Å². The summed E-state index contributed by atoms with van der Waals surface area (Å²) in [6.45, 7) is 3.79. The predicted octanol–water partition coefficient (Wildman–Crippen LogP) is 1.23. The zero-order chi connectivity index (χ0) is 13.7. The van der Waals surface area contributed by atoms with E-state index in [9.17, 15) is 4.79 Å². The Morgan fingerprint density at radius 2 is 1.95 bits per heavy atom. The predicted molar refractivity (Wildman–Crippen MR) is 79.1 cm³/mol. The third-order valence-electron chi connectivity index (χ3n) is 3.33. The van der Waals surface area contributed by atoms with Gasteiger partial charge in [0.2, 0.25) is 5.91 Å². The summed E-state index contributed by atoms with van der Waals surface area (Å²) >= 11 is 1.68. The molecule has 1 aromatic carbocycles. The van der Waals surface area contributed by atoms with Gasteiger partial charge in [-0.15, -0.1) is 11.8 Å². The van der Waals surface area contributed by atoms with Gasteiger partial charge in [0.05, 0.1) is 6.42 Å². The summed E-state index contributed by atoms with van der Waals surface area (Å²) in [6, 6.07) is 8.07. The van der Waals surface area contributed by atoms with Gasteiger partial charge in [-0.25, -0.2) is 5.01 Å². The molecule has 1 saturated heterocycles. The lowest BCUT2D eigenvalue weighted by Gasteiger charge is -2.32. The number of carbonyl (C=O) groups is 1. The van der Waals surface area contributed by atoms with Gasteiger partial charge in [-0.2, -0.15) is 0 Å². The van der Waals surface area contributed by atoms with Crippen LogP contribution < -0.4 is 5.43 Å². The largest absolute Gasteiger partial charge is 0.304 e. The van der Waals surface area contributed by atoms with Crippen molar-refractivity contribution in [2.45, 2.75) is 11.3 Å². The van der Waals surface area contributed by atoms with Crippen LogP contribution in [0.3, 0.4) is 0 Å². The van der Waals surface area contributed by atoms with E-state index in [2.05, 4.69) is 23.4 Å². The molecule has 0 unspecified atom stereocenters. The van der Waals surface area contributed by atoms with Crippen LogP contribution in [0.15, 0.2) is 29.2 Å². The van der Waals surface area contributed by atoms with E-state index in [4.69, 9.17) is 0 Å². The standard InChI is InChI=1S/C14H21N3OS/c1-16-7-9-17(10-8-16)15-14(18)11-12-5-3-4-6-13(12)19-2/h3-6H,7-11H2,1-2H3,(H,15,18). The van der Waals surface area contributed by atoms with E-state index in [1.54, 1.807) is 11.8 Å². The highest BCUT2D eigenvalue weighted by Crippen LogP contribution is 2.20. The first-order chi connectivity index (χ1) is 9.19. The van der Waals surface area contributed by atoms with Crippen molar-refractivity contribution in [2.24, 2.45) is 0 Å². The topological polar surface area (TPSA) is 35.6 Å². The Hall–Kier alpha value is -1.04. The van der Waals surface area contributed by atoms with Gasteiger partial charge in [-0.1, -0.05) is 18.2 Å². The van der Waals surface area contributed by atoms with Gasteiger partial charge >= 0.3 is 0 Å². The summed E-state index contributed by atoms with van der Waals surface area (Å²) < 4.78 is 0. The number of likely N-dealkylation sites (N-methyl/N-ethyl adjacent to an activating group) is 1. The molecule has 1 aromatic rings. The molecule has 0 bridgehead atoms.